The van der Waals surface area contributed by atoms with Crippen molar-refractivity contribution in [2.24, 2.45) is 23.2 Å². The summed E-state index contributed by atoms with van der Waals surface area (Å²) < 4.78 is 10.1. The molecular weight excluding hydrogens is 450 g/mol. The van der Waals surface area contributed by atoms with Crippen molar-refractivity contribution in [3.05, 3.63) is 17.5 Å². The van der Waals surface area contributed by atoms with Crippen molar-refractivity contribution in [2.75, 3.05) is 13.7 Å². The Labute approximate surface area is 208 Å². The number of hydrogen-bond acceptors (Lipinski definition) is 7. The maximum atomic E-state index is 13.4. The number of aromatic nitrogens is 1. The molecule has 2 N–H and O–H groups in total. The highest BCUT2D eigenvalue weighted by molar-refractivity contribution is 5.98. The molecule has 0 aliphatic heterocycles. The highest BCUT2D eigenvalue weighted by Gasteiger charge is 2.48. The van der Waals surface area contributed by atoms with Crippen LogP contribution in [0.5, 0.6) is 0 Å². The van der Waals surface area contributed by atoms with Gasteiger partial charge in [0, 0.05) is 30.9 Å². The molecule has 1 aromatic rings. The zero-order chi connectivity index (χ0) is 26.3. The molecule has 196 valence electrons. The molecule has 9 nitrogen and oxygen atoms in total. The van der Waals surface area contributed by atoms with Gasteiger partial charge in [0.1, 0.15) is 11.8 Å². The SMILES string of the molecule is CC[C@H](C)[C@H](CC(=O)[C@H](COC)NC(=O)c1cc(C)on1)C(=O)N[C@@H](CC(C)C)C(=O)C1(C)CC1. The second-order valence-corrected chi connectivity index (χ2v) is 10.6. The van der Waals surface area contributed by atoms with Crippen LogP contribution in [-0.2, 0) is 19.1 Å². The molecule has 1 aliphatic carbocycles. The van der Waals surface area contributed by atoms with E-state index < -0.39 is 23.9 Å². The van der Waals surface area contributed by atoms with Crippen LogP contribution in [0.15, 0.2) is 10.6 Å². The maximum Gasteiger partial charge on any atom is 0.274 e. The number of nitrogens with one attached hydrogen (secondary N) is 2. The minimum atomic E-state index is -0.942. The first-order valence-corrected chi connectivity index (χ1v) is 12.5. The second-order valence-electron chi connectivity index (χ2n) is 10.6. The molecule has 4 atom stereocenters. The van der Waals surface area contributed by atoms with Crippen molar-refractivity contribution in [1.29, 1.82) is 0 Å². The Morgan fingerprint density at radius 1 is 1.14 bits per heavy atom. The van der Waals surface area contributed by atoms with Gasteiger partial charge in [-0.05, 0) is 38.0 Å². The predicted octanol–water partition coefficient (Wildman–Crippen LogP) is 3.25. The van der Waals surface area contributed by atoms with Crippen LogP contribution in [0, 0.1) is 30.1 Å². The monoisotopic (exact) mass is 491 g/mol. The molecule has 1 aliphatic rings. The summed E-state index contributed by atoms with van der Waals surface area (Å²) in [5, 5.41) is 9.30. The molecule has 35 heavy (non-hydrogen) atoms. The van der Waals surface area contributed by atoms with Crippen LogP contribution in [0.4, 0.5) is 0 Å². The molecular formula is C26H41N3O6. The van der Waals surface area contributed by atoms with Crippen LogP contribution in [0.2, 0.25) is 0 Å². The highest BCUT2D eigenvalue weighted by Crippen LogP contribution is 2.47. The van der Waals surface area contributed by atoms with E-state index in [1.54, 1.807) is 6.92 Å². The van der Waals surface area contributed by atoms with Crippen LogP contribution >= 0.6 is 0 Å². The zero-order valence-corrected chi connectivity index (χ0v) is 22.1. The zero-order valence-electron chi connectivity index (χ0n) is 22.1. The first kappa shape index (κ1) is 28.7. The Morgan fingerprint density at radius 3 is 2.29 bits per heavy atom. The molecule has 0 aromatic carbocycles. The lowest BCUT2D eigenvalue weighted by Crippen LogP contribution is -2.49. The van der Waals surface area contributed by atoms with Crippen molar-refractivity contribution in [3.8, 4) is 0 Å². The Balaban J connectivity index is 2.14. The molecule has 9 heteroatoms. The lowest BCUT2D eigenvalue weighted by molar-refractivity contribution is -0.135. The minimum absolute atomic E-state index is 0.0386. The number of Topliss-reactive ketones (excluding diaryl/α,β-unsaturated/α-hetero) is 2. The van der Waals surface area contributed by atoms with Gasteiger partial charge in [0.25, 0.3) is 5.91 Å². The summed E-state index contributed by atoms with van der Waals surface area (Å²) in [6.45, 7) is 11.5. The number of hydrogen-bond donors (Lipinski definition) is 2. The van der Waals surface area contributed by atoms with E-state index in [2.05, 4.69) is 15.8 Å². The van der Waals surface area contributed by atoms with Gasteiger partial charge in [-0.25, -0.2) is 0 Å². The number of ether oxygens (including phenoxy) is 1. The van der Waals surface area contributed by atoms with E-state index >= 15 is 0 Å². The van der Waals surface area contributed by atoms with Gasteiger partial charge in [0.2, 0.25) is 5.91 Å². The highest BCUT2D eigenvalue weighted by atomic mass is 16.5. The molecule has 0 saturated heterocycles. The third-order valence-electron chi connectivity index (χ3n) is 6.91. The number of amides is 2. The third-order valence-corrected chi connectivity index (χ3v) is 6.91. The standard InChI is InChI=1S/C26H41N3O6/c1-8-16(4)18(24(32)27-19(11-15(2)3)23(31)26(6)9-10-26)13-22(30)21(14-34-7)28-25(33)20-12-17(5)35-29-20/h12,15-16,18-19,21H,8-11,13-14H2,1-7H3,(H,27,32)(H,28,33)/t16-,18-,19-,21-/m0/s1. The summed E-state index contributed by atoms with van der Waals surface area (Å²) in [6.07, 6.45) is 2.85. The van der Waals surface area contributed by atoms with E-state index in [4.69, 9.17) is 9.26 Å². The number of carbonyl (C=O) groups excluding carboxylic acids is 4. The third kappa shape index (κ3) is 7.98. The Bertz CT molecular complexity index is 905. The Hall–Kier alpha value is -2.55. The number of ketones is 2. The number of carbonyl (C=O) groups is 4. The topological polar surface area (TPSA) is 128 Å². The van der Waals surface area contributed by atoms with E-state index in [1.165, 1.54) is 13.2 Å². The van der Waals surface area contributed by atoms with Gasteiger partial charge in [-0.15, -0.1) is 0 Å². The van der Waals surface area contributed by atoms with Gasteiger partial charge in [0.05, 0.1) is 12.6 Å². The fourth-order valence-electron chi connectivity index (χ4n) is 4.12. The fraction of sp³-hybridized carbons (Fsp3) is 0.731. The molecule has 0 unspecified atom stereocenters. The van der Waals surface area contributed by atoms with Crippen LogP contribution in [0.3, 0.4) is 0 Å². The lowest BCUT2D eigenvalue weighted by Gasteiger charge is -2.28. The average molecular weight is 492 g/mol. The van der Waals surface area contributed by atoms with Crippen molar-refractivity contribution in [3.63, 3.8) is 0 Å². The number of rotatable bonds is 15. The van der Waals surface area contributed by atoms with Crippen LogP contribution in [0.1, 0.15) is 83.0 Å². The molecule has 2 amide bonds. The minimum Gasteiger partial charge on any atom is -0.382 e. The number of aryl methyl sites for hydroxylation is 1. The van der Waals surface area contributed by atoms with Crippen molar-refractivity contribution < 1.29 is 28.4 Å². The van der Waals surface area contributed by atoms with E-state index in [9.17, 15) is 19.2 Å². The molecule has 1 aromatic heterocycles. The summed E-state index contributed by atoms with van der Waals surface area (Å²) in [7, 11) is 1.44. The van der Waals surface area contributed by atoms with Gasteiger partial charge in [-0.1, -0.05) is 46.2 Å². The molecule has 1 saturated carbocycles. The van der Waals surface area contributed by atoms with Crippen LogP contribution in [-0.4, -0.2) is 54.3 Å². The van der Waals surface area contributed by atoms with E-state index in [0.29, 0.717) is 18.6 Å². The summed E-state index contributed by atoms with van der Waals surface area (Å²) in [6, 6.07) is -0.0328. The summed E-state index contributed by atoms with van der Waals surface area (Å²) >= 11 is 0. The van der Waals surface area contributed by atoms with Gasteiger partial charge in [-0.2, -0.15) is 0 Å². The number of methoxy groups -OCH3 is 1. The van der Waals surface area contributed by atoms with Crippen LogP contribution < -0.4 is 10.6 Å². The van der Waals surface area contributed by atoms with Crippen LogP contribution in [0.25, 0.3) is 0 Å². The van der Waals surface area contributed by atoms with Gasteiger partial charge >= 0.3 is 0 Å². The smallest absolute Gasteiger partial charge is 0.274 e. The largest absolute Gasteiger partial charge is 0.382 e. The number of nitrogens with zero attached hydrogens (tertiary/aromatic N) is 1. The van der Waals surface area contributed by atoms with Gasteiger partial charge < -0.3 is 19.9 Å². The van der Waals surface area contributed by atoms with Crippen molar-refractivity contribution in [2.45, 2.75) is 85.7 Å². The van der Waals surface area contributed by atoms with E-state index in [0.717, 1.165) is 12.8 Å². The maximum absolute atomic E-state index is 13.4. The van der Waals surface area contributed by atoms with Crippen molar-refractivity contribution >= 4 is 23.4 Å². The molecule has 2 rings (SSSR count). The van der Waals surface area contributed by atoms with E-state index in [-0.39, 0.29) is 53.4 Å². The van der Waals surface area contributed by atoms with Crippen molar-refractivity contribution in [1.82, 2.24) is 15.8 Å². The Morgan fingerprint density at radius 2 is 1.80 bits per heavy atom. The van der Waals surface area contributed by atoms with Gasteiger partial charge in [0.15, 0.2) is 17.3 Å². The molecule has 1 fully saturated rings. The molecule has 0 spiro atoms. The Kier molecular flexibility index (Phi) is 10.2. The van der Waals surface area contributed by atoms with E-state index in [1.807, 2.05) is 34.6 Å². The molecule has 1 heterocycles. The first-order chi connectivity index (χ1) is 16.4. The average Bonchev–Trinajstić information content (AvgIpc) is 3.40. The van der Waals surface area contributed by atoms with Gasteiger partial charge in [-0.3, -0.25) is 19.2 Å². The normalized spacial score (nSPS) is 17.8. The summed E-state index contributed by atoms with van der Waals surface area (Å²) in [5.74, 6) is -1.12. The lowest BCUT2D eigenvalue weighted by atomic mass is 9.84. The predicted molar refractivity (Wildman–Crippen MR) is 131 cm³/mol. The second kappa shape index (κ2) is 12.4. The summed E-state index contributed by atoms with van der Waals surface area (Å²) in [5.41, 5.74) is -0.293. The fourth-order valence-corrected chi connectivity index (χ4v) is 4.12. The molecule has 0 bridgehead atoms. The summed E-state index contributed by atoms with van der Waals surface area (Å²) in [4.78, 5) is 52.2. The first-order valence-electron chi connectivity index (χ1n) is 12.5. The quantitative estimate of drug-likeness (QED) is 0.385. The molecule has 0 radical (unpaired) electrons.